The van der Waals surface area contributed by atoms with Crippen LogP contribution < -0.4 is 14.8 Å². The third-order valence-corrected chi connectivity index (χ3v) is 2.68. The maximum Gasteiger partial charge on any atom is 0.405 e. The predicted molar refractivity (Wildman–Crippen MR) is 76.9 cm³/mol. The van der Waals surface area contributed by atoms with Crippen molar-refractivity contribution in [1.29, 1.82) is 0 Å². The summed E-state index contributed by atoms with van der Waals surface area (Å²) in [4.78, 5) is 11.6. The van der Waals surface area contributed by atoms with Gasteiger partial charge in [0.25, 0.3) is 5.91 Å². The highest BCUT2D eigenvalue weighted by molar-refractivity contribution is 5.80. The molecule has 122 valence electrons. The van der Waals surface area contributed by atoms with E-state index in [0.717, 1.165) is 5.56 Å². The molecule has 1 aromatic rings. The van der Waals surface area contributed by atoms with E-state index in [1.165, 1.54) is 14.0 Å². The van der Waals surface area contributed by atoms with Gasteiger partial charge in [-0.25, -0.2) is 0 Å². The number of carbonyl (C=O) groups excluding carboxylic acids is 1. The predicted octanol–water partition coefficient (Wildman–Crippen LogP) is 3.17. The van der Waals surface area contributed by atoms with Crippen molar-refractivity contribution in [2.24, 2.45) is 0 Å². The van der Waals surface area contributed by atoms with Crippen molar-refractivity contribution in [2.75, 3.05) is 13.7 Å². The van der Waals surface area contributed by atoms with Gasteiger partial charge in [-0.3, -0.25) is 4.79 Å². The Morgan fingerprint density at radius 3 is 2.59 bits per heavy atom. The molecule has 0 radical (unpaired) electrons. The molecular weight excluding hydrogens is 299 g/mol. The van der Waals surface area contributed by atoms with Crippen LogP contribution in [-0.2, 0) is 4.79 Å². The van der Waals surface area contributed by atoms with Crippen molar-refractivity contribution in [3.63, 3.8) is 0 Å². The highest BCUT2D eigenvalue weighted by Gasteiger charge is 2.29. The molecule has 0 aliphatic carbocycles. The lowest BCUT2D eigenvalue weighted by Gasteiger charge is -2.17. The normalized spacial score (nSPS) is 13.0. The minimum atomic E-state index is -4.46. The van der Waals surface area contributed by atoms with Crippen LogP contribution in [0.4, 0.5) is 13.2 Å². The SMILES string of the molecule is CC=Cc1ccc(OC(C)C(=O)NCC(F)(F)F)c(OC)c1. The molecule has 0 spiro atoms. The van der Waals surface area contributed by atoms with Crippen LogP contribution in [0.2, 0.25) is 0 Å². The molecule has 4 nitrogen and oxygen atoms in total. The lowest BCUT2D eigenvalue weighted by atomic mass is 10.2. The number of allylic oxidation sites excluding steroid dienone is 1. The van der Waals surface area contributed by atoms with Gasteiger partial charge >= 0.3 is 6.18 Å². The number of ether oxygens (including phenoxy) is 2. The summed E-state index contributed by atoms with van der Waals surface area (Å²) in [5.74, 6) is -0.173. The van der Waals surface area contributed by atoms with Gasteiger partial charge in [0.15, 0.2) is 17.6 Å². The van der Waals surface area contributed by atoms with Gasteiger partial charge in [-0.05, 0) is 31.5 Å². The summed E-state index contributed by atoms with van der Waals surface area (Å²) in [6, 6.07) is 5.05. The van der Waals surface area contributed by atoms with Crippen LogP contribution in [-0.4, -0.2) is 31.8 Å². The Kier molecular flexibility index (Phi) is 6.27. The molecule has 0 saturated carbocycles. The second-order valence-electron chi connectivity index (χ2n) is 4.50. The fourth-order valence-corrected chi connectivity index (χ4v) is 1.65. The highest BCUT2D eigenvalue weighted by atomic mass is 19.4. The molecule has 22 heavy (non-hydrogen) atoms. The Morgan fingerprint density at radius 1 is 1.36 bits per heavy atom. The Hall–Kier alpha value is -2.18. The first-order valence-electron chi connectivity index (χ1n) is 6.58. The second-order valence-corrected chi connectivity index (χ2v) is 4.50. The summed E-state index contributed by atoms with van der Waals surface area (Å²) < 4.78 is 46.7. The molecule has 0 aliphatic rings. The lowest BCUT2D eigenvalue weighted by molar-refractivity contribution is -0.142. The molecule has 1 amide bonds. The molecule has 0 saturated heterocycles. The smallest absolute Gasteiger partial charge is 0.405 e. The molecule has 1 aromatic carbocycles. The number of amides is 1. The minimum absolute atomic E-state index is 0.283. The van der Waals surface area contributed by atoms with E-state index < -0.39 is 24.7 Å². The lowest BCUT2D eigenvalue weighted by Crippen LogP contribution is -2.41. The summed E-state index contributed by atoms with van der Waals surface area (Å²) in [6.07, 6.45) is -1.83. The van der Waals surface area contributed by atoms with Crippen molar-refractivity contribution >= 4 is 12.0 Å². The molecule has 1 N–H and O–H groups in total. The van der Waals surface area contributed by atoms with Crippen LogP contribution in [0, 0.1) is 0 Å². The molecule has 0 aliphatic heterocycles. The molecule has 0 aromatic heterocycles. The van der Waals surface area contributed by atoms with Crippen molar-refractivity contribution in [2.45, 2.75) is 26.1 Å². The van der Waals surface area contributed by atoms with E-state index in [1.54, 1.807) is 23.5 Å². The largest absolute Gasteiger partial charge is 0.493 e. The highest BCUT2D eigenvalue weighted by Crippen LogP contribution is 2.29. The summed E-state index contributed by atoms with van der Waals surface area (Å²) in [5.41, 5.74) is 0.876. The Bertz CT molecular complexity index is 541. The molecule has 1 unspecified atom stereocenters. The Balaban J connectivity index is 2.74. The van der Waals surface area contributed by atoms with Crippen LogP contribution in [0.25, 0.3) is 6.08 Å². The van der Waals surface area contributed by atoms with E-state index in [-0.39, 0.29) is 5.75 Å². The third-order valence-electron chi connectivity index (χ3n) is 2.68. The fraction of sp³-hybridized carbons (Fsp3) is 0.400. The minimum Gasteiger partial charge on any atom is -0.493 e. The fourth-order valence-electron chi connectivity index (χ4n) is 1.65. The summed E-state index contributed by atoms with van der Waals surface area (Å²) in [7, 11) is 1.44. The average Bonchev–Trinajstić information content (AvgIpc) is 2.45. The topological polar surface area (TPSA) is 47.6 Å². The van der Waals surface area contributed by atoms with Crippen molar-refractivity contribution in [1.82, 2.24) is 5.32 Å². The number of halogens is 3. The van der Waals surface area contributed by atoms with Gasteiger partial charge in [-0.15, -0.1) is 0 Å². The summed E-state index contributed by atoms with van der Waals surface area (Å²) in [5, 5.41) is 1.77. The Morgan fingerprint density at radius 2 is 2.05 bits per heavy atom. The number of alkyl halides is 3. The number of benzene rings is 1. The number of hydrogen-bond acceptors (Lipinski definition) is 3. The van der Waals surface area contributed by atoms with Gasteiger partial charge in [0.1, 0.15) is 6.54 Å². The standard InChI is InChI=1S/C15H18F3NO3/c1-4-5-11-6-7-12(13(8-11)21-3)22-10(2)14(20)19-9-15(16,17)18/h4-8,10H,9H2,1-3H3,(H,19,20). The van der Waals surface area contributed by atoms with Crippen LogP contribution in [0.15, 0.2) is 24.3 Å². The zero-order chi connectivity index (χ0) is 16.8. The number of rotatable bonds is 6. The summed E-state index contributed by atoms with van der Waals surface area (Å²) >= 11 is 0. The zero-order valence-electron chi connectivity index (χ0n) is 12.5. The molecule has 7 heteroatoms. The van der Waals surface area contributed by atoms with Crippen LogP contribution >= 0.6 is 0 Å². The Labute approximate surface area is 126 Å². The molecule has 0 fully saturated rings. The van der Waals surface area contributed by atoms with Crippen molar-refractivity contribution in [3.05, 3.63) is 29.8 Å². The van der Waals surface area contributed by atoms with Crippen LogP contribution in [0.5, 0.6) is 11.5 Å². The van der Waals surface area contributed by atoms with E-state index in [2.05, 4.69) is 0 Å². The molecule has 1 rings (SSSR count). The van der Waals surface area contributed by atoms with Gasteiger partial charge in [-0.1, -0.05) is 18.2 Å². The van der Waals surface area contributed by atoms with E-state index in [1.807, 2.05) is 19.1 Å². The van der Waals surface area contributed by atoms with E-state index in [0.29, 0.717) is 5.75 Å². The maximum absolute atomic E-state index is 12.1. The van der Waals surface area contributed by atoms with Gasteiger partial charge in [0.2, 0.25) is 0 Å². The van der Waals surface area contributed by atoms with Gasteiger partial charge in [0.05, 0.1) is 7.11 Å². The first kappa shape index (κ1) is 17.9. The molecule has 0 bridgehead atoms. The summed E-state index contributed by atoms with van der Waals surface area (Å²) in [6.45, 7) is 1.84. The number of hydrogen-bond donors (Lipinski definition) is 1. The maximum atomic E-state index is 12.1. The van der Waals surface area contributed by atoms with Gasteiger partial charge in [0, 0.05) is 0 Å². The number of carbonyl (C=O) groups is 1. The molecular formula is C15H18F3NO3. The monoisotopic (exact) mass is 317 g/mol. The average molecular weight is 317 g/mol. The number of methoxy groups -OCH3 is 1. The van der Waals surface area contributed by atoms with E-state index in [9.17, 15) is 18.0 Å². The molecule has 0 heterocycles. The zero-order valence-corrected chi connectivity index (χ0v) is 12.5. The first-order valence-corrected chi connectivity index (χ1v) is 6.58. The van der Waals surface area contributed by atoms with Crippen molar-refractivity contribution < 1.29 is 27.4 Å². The quantitative estimate of drug-likeness (QED) is 0.876. The van der Waals surface area contributed by atoms with Crippen molar-refractivity contribution in [3.8, 4) is 11.5 Å². The van der Waals surface area contributed by atoms with Crippen LogP contribution in [0.1, 0.15) is 19.4 Å². The first-order chi connectivity index (χ1) is 10.3. The third kappa shape index (κ3) is 5.67. The van der Waals surface area contributed by atoms with E-state index >= 15 is 0 Å². The number of nitrogens with one attached hydrogen (secondary N) is 1. The second kappa shape index (κ2) is 7.72. The van der Waals surface area contributed by atoms with E-state index in [4.69, 9.17) is 9.47 Å². The van der Waals surface area contributed by atoms with Gasteiger partial charge in [-0.2, -0.15) is 13.2 Å². The van der Waals surface area contributed by atoms with Gasteiger partial charge < -0.3 is 14.8 Å². The molecule has 1 atom stereocenters. The van der Waals surface area contributed by atoms with Crippen LogP contribution in [0.3, 0.4) is 0 Å².